The Bertz CT molecular complexity index is 846. The summed E-state index contributed by atoms with van der Waals surface area (Å²) in [6.07, 6.45) is 1.04. The lowest BCUT2D eigenvalue weighted by Gasteiger charge is -2.09. The summed E-state index contributed by atoms with van der Waals surface area (Å²) in [5.41, 5.74) is 0.181. The number of fused-ring (bicyclic) bond motifs is 1. The maximum Gasteiger partial charge on any atom is 0.273 e. The average Bonchev–Trinajstić information content (AvgIpc) is 2.91. The summed E-state index contributed by atoms with van der Waals surface area (Å²) in [7, 11) is 0. The number of rotatable bonds is 6. The molecule has 0 bridgehead atoms. The Morgan fingerprint density at radius 1 is 1.26 bits per heavy atom. The van der Waals surface area contributed by atoms with Gasteiger partial charge in [0.25, 0.3) is 11.3 Å². The van der Waals surface area contributed by atoms with Crippen molar-refractivity contribution in [3.8, 4) is 0 Å². The molecule has 6 nitrogen and oxygen atoms in total. The molecule has 0 saturated carbocycles. The lowest BCUT2D eigenvalue weighted by molar-refractivity contribution is 0.764. The van der Waals surface area contributed by atoms with Crippen LogP contribution in [0, 0.1) is 6.92 Å². The Balaban J connectivity index is 1.60. The van der Waals surface area contributed by atoms with Crippen LogP contribution in [0.1, 0.15) is 19.0 Å². The van der Waals surface area contributed by atoms with E-state index in [0.717, 1.165) is 12.2 Å². The topological polar surface area (TPSA) is 75.9 Å². The number of hydrogen-bond donors (Lipinski definition) is 1. The molecule has 0 amide bonds. The van der Waals surface area contributed by atoms with E-state index < -0.39 is 0 Å². The fourth-order valence-corrected chi connectivity index (χ4v) is 4.11. The van der Waals surface area contributed by atoms with Gasteiger partial charge >= 0.3 is 0 Å². The van der Waals surface area contributed by atoms with Gasteiger partial charge in [0.1, 0.15) is 5.69 Å². The number of thioether (sulfide) groups is 2. The summed E-state index contributed by atoms with van der Waals surface area (Å²) in [4.78, 5) is 15.5. The Hall–Kier alpha value is -1.80. The van der Waals surface area contributed by atoms with Crippen molar-refractivity contribution in [2.75, 3.05) is 5.75 Å². The Morgan fingerprint density at radius 2 is 2.04 bits per heavy atom. The van der Waals surface area contributed by atoms with Gasteiger partial charge in [0.05, 0.1) is 0 Å². The number of benzene rings is 1. The van der Waals surface area contributed by atoms with E-state index in [-0.39, 0.29) is 5.56 Å². The Labute approximate surface area is 142 Å². The number of hydrogen-bond acceptors (Lipinski definition) is 6. The third-order valence-corrected chi connectivity index (χ3v) is 5.41. The highest BCUT2D eigenvalue weighted by molar-refractivity contribution is 8.00. The van der Waals surface area contributed by atoms with Crippen LogP contribution in [-0.2, 0) is 0 Å². The average molecular weight is 347 g/mol. The Kier molecular flexibility index (Phi) is 5.02. The highest BCUT2D eigenvalue weighted by Crippen LogP contribution is 2.26. The lowest BCUT2D eigenvalue weighted by Crippen LogP contribution is -2.15. The fourth-order valence-electron chi connectivity index (χ4n) is 1.99. The SMILES string of the molecule is Cc1nn2c(S[C@H](C)CCSc3ccccc3)nnc2[nH]c1=O. The van der Waals surface area contributed by atoms with E-state index in [0.29, 0.717) is 21.9 Å². The molecule has 1 N–H and O–H groups in total. The van der Waals surface area contributed by atoms with Gasteiger partial charge in [-0.25, -0.2) is 0 Å². The minimum absolute atomic E-state index is 0.228. The third-order valence-electron chi connectivity index (χ3n) is 3.26. The number of aromatic amines is 1. The first-order valence-corrected chi connectivity index (χ1v) is 9.17. The zero-order chi connectivity index (χ0) is 16.2. The van der Waals surface area contributed by atoms with E-state index in [1.165, 1.54) is 4.90 Å². The highest BCUT2D eigenvalue weighted by atomic mass is 32.2. The van der Waals surface area contributed by atoms with E-state index in [4.69, 9.17) is 0 Å². The molecule has 8 heteroatoms. The molecule has 0 aliphatic rings. The van der Waals surface area contributed by atoms with Crippen LogP contribution in [0.2, 0.25) is 0 Å². The van der Waals surface area contributed by atoms with E-state index in [2.05, 4.69) is 51.5 Å². The smallest absolute Gasteiger partial charge is 0.273 e. The van der Waals surface area contributed by atoms with Gasteiger partial charge < -0.3 is 0 Å². The summed E-state index contributed by atoms with van der Waals surface area (Å²) in [5, 5.41) is 13.4. The number of H-pyrrole nitrogens is 1. The zero-order valence-corrected chi connectivity index (χ0v) is 14.5. The van der Waals surface area contributed by atoms with Gasteiger partial charge in [0.2, 0.25) is 5.16 Å². The van der Waals surface area contributed by atoms with Crippen LogP contribution < -0.4 is 5.56 Å². The van der Waals surface area contributed by atoms with Crippen molar-refractivity contribution in [2.24, 2.45) is 0 Å². The first-order chi connectivity index (χ1) is 11.1. The molecule has 3 rings (SSSR count). The second-order valence-electron chi connectivity index (χ2n) is 5.14. The molecule has 0 spiro atoms. The van der Waals surface area contributed by atoms with Gasteiger partial charge in [-0.3, -0.25) is 9.78 Å². The maximum absolute atomic E-state index is 11.5. The zero-order valence-electron chi connectivity index (χ0n) is 12.9. The normalized spacial score (nSPS) is 12.6. The van der Waals surface area contributed by atoms with E-state index in [1.54, 1.807) is 23.2 Å². The van der Waals surface area contributed by atoms with Crippen molar-refractivity contribution in [3.63, 3.8) is 0 Å². The number of nitrogens with zero attached hydrogens (tertiary/aromatic N) is 4. The van der Waals surface area contributed by atoms with Crippen molar-refractivity contribution in [1.82, 2.24) is 24.8 Å². The van der Waals surface area contributed by atoms with E-state index in [1.807, 2.05) is 17.8 Å². The Morgan fingerprint density at radius 3 is 2.83 bits per heavy atom. The molecule has 23 heavy (non-hydrogen) atoms. The predicted octanol–water partition coefficient (Wildman–Crippen LogP) is 2.78. The second-order valence-corrected chi connectivity index (χ2v) is 7.71. The molecular formula is C15H17N5OS2. The highest BCUT2D eigenvalue weighted by Gasteiger charge is 2.13. The number of aromatic nitrogens is 5. The minimum Gasteiger partial charge on any atom is -0.288 e. The maximum atomic E-state index is 11.5. The van der Waals surface area contributed by atoms with Gasteiger partial charge in [-0.1, -0.05) is 36.9 Å². The van der Waals surface area contributed by atoms with Gasteiger partial charge in [0.15, 0.2) is 0 Å². The summed E-state index contributed by atoms with van der Waals surface area (Å²) in [5.74, 6) is 1.42. The molecular weight excluding hydrogens is 330 g/mol. The number of nitrogens with one attached hydrogen (secondary N) is 1. The van der Waals surface area contributed by atoms with Gasteiger partial charge in [-0.05, 0) is 31.2 Å². The molecule has 0 aliphatic heterocycles. The molecule has 0 aliphatic carbocycles. The van der Waals surface area contributed by atoms with Gasteiger partial charge in [-0.2, -0.15) is 9.61 Å². The standard InChI is InChI=1S/C15H17N5OS2/c1-10(8-9-22-12-6-4-3-5-7-12)23-15-18-17-14-16-13(21)11(2)19-20(14)15/h3-7,10H,8-9H2,1-2H3,(H,16,17,21)/t10-/m1/s1. The monoisotopic (exact) mass is 347 g/mol. The van der Waals surface area contributed by atoms with E-state index >= 15 is 0 Å². The molecule has 0 unspecified atom stereocenters. The largest absolute Gasteiger partial charge is 0.288 e. The second kappa shape index (κ2) is 7.18. The van der Waals surface area contributed by atoms with Crippen molar-refractivity contribution < 1.29 is 0 Å². The predicted molar refractivity (Wildman–Crippen MR) is 93.2 cm³/mol. The van der Waals surface area contributed by atoms with Crippen LogP contribution in [0.3, 0.4) is 0 Å². The molecule has 2 aromatic heterocycles. The molecule has 0 fully saturated rings. The van der Waals surface area contributed by atoms with E-state index in [9.17, 15) is 4.79 Å². The molecule has 1 atom stereocenters. The van der Waals surface area contributed by atoms with Gasteiger partial charge in [0, 0.05) is 10.1 Å². The van der Waals surface area contributed by atoms with Crippen LogP contribution in [0.25, 0.3) is 5.78 Å². The molecule has 1 aromatic carbocycles. The van der Waals surface area contributed by atoms with Gasteiger partial charge in [-0.15, -0.1) is 22.0 Å². The van der Waals surface area contributed by atoms with Crippen LogP contribution >= 0.6 is 23.5 Å². The molecule has 0 saturated heterocycles. The van der Waals surface area contributed by atoms with Crippen LogP contribution in [0.4, 0.5) is 0 Å². The summed E-state index contributed by atoms with van der Waals surface area (Å²) >= 11 is 3.47. The summed E-state index contributed by atoms with van der Waals surface area (Å²) < 4.78 is 1.60. The first-order valence-electron chi connectivity index (χ1n) is 7.30. The first kappa shape index (κ1) is 16.1. The molecule has 3 aromatic rings. The van der Waals surface area contributed by atoms with Crippen LogP contribution in [0.15, 0.2) is 45.2 Å². The minimum atomic E-state index is -0.228. The third kappa shape index (κ3) is 3.94. The van der Waals surface area contributed by atoms with Crippen molar-refractivity contribution >= 4 is 29.3 Å². The lowest BCUT2D eigenvalue weighted by atomic mass is 10.4. The molecule has 2 heterocycles. The van der Waals surface area contributed by atoms with Crippen molar-refractivity contribution in [2.45, 2.75) is 35.6 Å². The molecule has 0 radical (unpaired) electrons. The van der Waals surface area contributed by atoms with Crippen LogP contribution in [0.5, 0.6) is 0 Å². The summed E-state index contributed by atoms with van der Waals surface area (Å²) in [6, 6.07) is 10.4. The van der Waals surface area contributed by atoms with Crippen molar-refractivity contribution in [1.29, 1.82) is 0 Å². The molecule has 120 valence electrons. The fraction of sp³-hybridized carbons (Fsp3) is 0.333. The number of aryl methyl sites for hydroxylation is 1. The van der Waals surface area contributed by atoms with Crippen LogP contribution in [-0.4, -0.2) is 35.8 Å². The van der Waals surface area contributed by atoms with Crippen molar-refractivity contribution in [3.05, 3.63) is 46.4 Å². The summed E-state index contributed by atoms with van der Waals surface area (Å²) in [6.45, 7) is 3.84. The quantitative estimate of drug-likeness (QED) is 0.691.